The van der Waals surface area contributed by atoms with Crippen molar-refractivity contribution in [2.75, 3.05) is 18.5 Å². The molecule has 0 fully saturated rings. The van der Waals surface area contributed by atoms with Crippen LogP contribution in [0.5, 0.6) is 0 Å². The standard InChI is InChI=1S/C10H15Cl3N4/c1-4-5-6-17(3)9-15-7(2)14-8(16-9)10(11,12)13/h4-6H2,1-3H3. The number of anilines is 1. The van der Waals surface area contributed by atoms with Gasteiger partial charge in [-0.15, -0.1) is 0 Å². The molecule has 0 spiro atoms. The van der Waals surface area contributed by atoms with Gasteiger partial charge in [0, 0.05) is 13.6 Å². The third-order valence-electron chi connectivity index (χ3n) is 2.18. The molecule has 0 bridgehead atoms. The van der Waals surface area contributed by atoms with Crippen molar-refractivity contribution >= 4 is 40.8 Å². The highest BCUT2D eigenvalue weighted by molar-refractivity contribution is 6.66. The molecule has 17 heavy (non-hydrogen) atoms. The summed E-state index contributed by atoms with van der Waals surface area (Å²) in [5.41, 5.74) is 0. The average molecular weight is 298 g/mol. The molecule has 0 amide bonds. The van der Waals surface area contributed by atoms with E-state index in [1.54, 1.807) is 6.92 Å². The Balaban J connectivity index is 2.97. The molecule has 0 unspecified atom stereocenters. The lowest BCUT2D eigenvalue weighted by atomic mass is 10.3. The van der Waals surface area contributed by atoms with Gasteiger partial charge in [0.15, 0.2) is 5.82 Å². The van der Waals surface area contributed by atoms with E-state index in [0.717, 1.165) is 19.4 Å². The van der Waals surface area contributed by atoms with E-state index >= 15 is 0 Å². The van der Waals surface area contributed by atoms with Gasteiger partial charge in [0.05, 0.1) is 0 Å². The second-order valence-electron chi connectivity index (χ2n) is 3.78. The maximum Gasteiger partial charge on any atom is 0.250 e. The minimum absolute atomic E-state index is 0.161. The van der Waals surface area contributed by atoms with Crippen LogP contribution >= 0.6 is 34.8 Å². The van der Waals surface area contributed by atoms with Gasteiger partial charge in [-0.2, -0.15) is 9.97 Å². The summed E-state index contributed by atoms with van der Waals surface area (Å²) in [5.74, 6) is 1.24. The molecule has 1 heterocycles. The Morgan fingerprint density at radius 3 is 2.35 bits per heavy atom. The van der Waals surface area contributed by atoms with Gasteiger partial charge < -0.3 is 4.90 Å². The van der Waals surface area contributed by atoms with Crippen LogP contribution in [0.4, 0.5) is 5.95 Å². The fraction of sp³-hybridized carbons (Fsp3) is 0.700. The zero-order valence-electron chi connectivity index (χ0n) is 10.0. The predicted octanol–water partition coefficient (Wildman–Crippen LogP) is 3.24. The summed E-state index contributed by atoms with van der Waals surface area (Å²) >= 11 is 17.3. The van der Waals surface area contributed by atoms with Crippen molar-refractivity contribution in [1.29, 1.82) is 0 Å². The number of aromatic nitrogens is 3. The molecular formula is C10H15Cl3N4. The highest BCUT2D eigenvalue weighted by Gasteiger charge is 2.28. The number of nitrogens with zero attached hydrogens (tertiary/aromatic N) is 4. The van der Waals surface area contributed by atoms with Crippen LogP contribution in [0.1, 0.15) is 31.4 Å². The van der Waals surface area contributed by atoms with Crippen LogP contribution in [0.3, 0.4) is 0 Å². The molecule has 4 nitrogen and oxygen atoms in total. The Kier molecular flexibility index (Phi) is 5.22. The number of aryl methyl sites for hydroxylation is 1. The predicted molar refractivity (Wildman–Crippen MR) is 72.0 cm³/mol. The number of halogens is 3. The van der Waals surface area contributed by atoms with Crippen molar-refractivity contribution in [3.8, 4) is 0 Å². The Morgan fingerprint density at radius 2 is 1.82 bits per heavy atom. The van der Waals surface area contributed by atoms with Crippen molar-refractivity contribution < 1.29 is 0 Å². The molecule has 1 aromatic rings. The van der Waals surface area contributed by atoms with Crippen LogP contribution in [0, 0.1) is 6.92 Å². The molecule has 96 valence electrons. The summed E-state index contributed by atoms with van der Waals surface area (Å²) in [4.78, 5) is 14.3. The van der Waals surface area contributed by atoms with E-state index in [0.29, 0.717) is 11.8 Å². The summed E-state index contributed by atoms with van der Waals surface area (Å²) < 4.78 is -1.62. The number of rotatable bonds is 4. The largest absolute Gasteiger partial charge is 0.344 e. The highest BCUT2D eigenvalue weighted by atomic mass is 35.6. The summed E-state index contributed by atoms with van der Waals surface area (Å²) in [7, 11) is 1.91. The van der Waals surface area contributed by atoms with Crippen molar-refractivity contribution in [1.82, 2.24) is 15.0 Å². The first kappa shape index (κ1) is 14.7. The maximum atomic E-state index is 5.77. The lowest BCUT2D eigenvalue weighted by Crippen LogP contribution is -2.23. The van der Waals surface area contributed by atoms with Crippen molar-refractivity contribution in [2.24, 2.45) is 0 Å². The zero-order valence-corrected chi connectivity index (χ0v) is 12.3. The van der Waals surface area contributed by atoms with Gasteiger partial charge in [0.2, 0.25) is 9.74 Å². The molecule has 0 atom stereocenters. The molecule has 0 aliphatic carbocycles. The smallest absolute Gasteiger partial charge is 0.250 e. The van der Waals surface area contributed by atoms with Gasteiger partial charge in [-0.05, 0) is 13.3 Å². The molecular weight excluding hydrogens is 282 g/mol. The Bertz CT molecular complexity index is 378. The van der Waals surface area contributed by atoms with Crippen LogP contribution in [0.25, 0.3) is 0 Å². The van der Waals surface area contributed by atoms with Gasteiger partial charge in [-0.1, -0.05) is 48.1 Å². The normalized spacial score (nSPS) is 11.6. The van der Waals surface area contributed by atoms with Crippen LogP contribution in [0.15, 0.2) is 0 Å². The fourth-order valence-corrected chi connectivity index (χ4v) is 1.51. The fourth-order valence-electron chi connectivity index (χ4n) is 1.26. The minimum atomic E-state index is -1.62. The number of unbranched alkanes of at least 4 members (excludes halogenated alkanes) is 1. The van der Waals surface area contributed by atoms with E-state index in [9.17, 15) is 0 Å². The Morgan fingerprint density at radius 1 is 1.18 bits per heavy atom. The van der Waals surface area contributed by atoms with E-state index in [4.69, 9.17) is 34.8 Å². The molecule has 0 aliphatic rings. The van der Waals surface area contributed by atoms with Gasteiger partial charge in [0.25, 0.3) is 0 Å². The quantitative estimate of drug-likeness (QED) is 0.800. The van der Waals surface area contributed by atoms with Gasteiger partial charge in [-0.3, -0.25) is 0 Å². The monoisotopic (exact) mass is 296 g/mol. The maximum absolute atomic E-state index is 5.77. The van der Waals surface area contributed by atoms with E-state index in [1.807, 2.05) is 11.9 Å². The second kappa shape index (κ2) is 6.03. The highest BCUT2D eigenvalue weighted by Crippen LogP contribution is 2.36. The second-order valence-corrected chi connectivity index (χ2v) is 6.06. The van der Waals surface area contributed by atoms with E-state index in [2.05, 4.69) is 21.9 Å². The molecule has 0 N–H and O–H groups in total. The van der Waals surface area contributed by atoms with Crippen molar-refractivity contribution in [3.05, 3.63) is 11.6 Å². The first-order chi connectivity index (χ1) is 7.84. The molecule has 0 saturated heterocycles. The van der Waals surface area contributed by atoms with Crippen molar-refractivity contribution in [3.63, 3.8) is 0 Å². The first-order valence-electron chi connectivity index (χ1n) is 5.35. The van der Waals surface area contributed by atoms with Gasteiger partial charge in [-0.25, -0.2) is 4.98 Å². The zero-order chi connectivity index (χ0) is 13.1. The Labute approximate surface area is 116 Å². The van der Waals surface area contributed by atoms with Gasteiger partial charge >= 0.3 is 0 Å². The van der Waals surface area contributed by atoms with Crippen LogP contribution < -0.4 is 4.90 Å². The van der Waals surface area contributed by atoms with Crippen LogP contribution in [0.2, 0.25) is 0 Å². The van der Waals surface area contributed by atoms with Crippen LogP contribution in [-0.2, 0) is 3.79 Å². The molecule has 0 aliphatic heterocycles. The minimum Gasteiger partial charge on any atom is -0.344 e. The number of hydrogen-bond donors (Lipinski definition) is 0. The first-order valence-corrected chi connectivity index (χ1v) is 6.49. The van der Waals surface area contributed by atoms with Crippen molar-refractivity contribution in [2.45, 2.75) is 30.5 Å². The van der Waals surface area contributed by atoms with E-state index < -0.39 is 3.79 Å². The molecule has 0 saturated carbocycles. The summed E-state index contributed by atoms with van der Waals surface area (Å²) in [6, 6.07) is 0. The Hall–Kier alpha value is -0.320. The average Bonchev–Trinajstić information content (AvgIpc) is 2.23. The summed E-state index contributed by atoms with van der Waals surface area (Å²) in [5, 5.41) is 0. The van der Waals surface area contributed by atoms with E-state index in [-0.39, 0.29) is 5.82 Å². The van der Waals surface area contributed by atoms with Crippen LogP contribution in [-0.4, -0.2) is 28.5 Å². The number of alkyl halides is 3. The molecule has 0 radical (unpaired) electrons. The SMILES string of the molecule is CCCCN(C)c1nc(C)nc(C(Cl)(Cl)Cl)n1. The van der Waals surface area contributed by atoms with Gasteiger partial charge in [0.1, 0.15) is 5.82 Å². The molecule has 7 heteroatoms. The molecule has 1 aromatic heterocycles. The number of hydrogen-bond acceptors (Lipinski definition) is 4. The summed E-state index contributed by atoms with van der Waals surface area (Å²) in [6.07, 6.45) is 2.16. The topological polar surface area (TPSA) is 41.9 Å². The summed E-state index contributed by atoms with van der Waals surface area (Å²) in [6.45, 7) is 4.73. The lowest BCUT2D eigenvalue weighted by Gasteiger charge is -2.18. The third kappa shape index (κ3) is 4.45. The molecule has 1 rings (SSSR count). The molecule has 0 aromatic carbocycles. The van der Waals surface area contributed by atoms with E-state index in [1.165, 1.54) is 0 Å². The third-order valence-corrected chi connectivity index (χ3v) is 2.68. The lowest BCUT2D eigenvalue weighted by molar-refractivity contribution is 0.735.